The molecule has 2 amide bonds. The third-order valence-electron chi connectivity index (χ3n) is 5.67. The summed E-state index contributed by atoms with van der Waals surface area (Å²) in [5, 5.41) is 3.03. The fourth-order valence-electron chi connectivity index (χ4n) is 4.08. The normalized spacial score (nSPS) is 16.6. The van der Waals surface area contributed by atoms with E-state index in [0.717, 1.165) is 37.3 Å². The molecule has 4 rings (SSSR count). The van der Waals surface area contributed by atoms with Crippen molar-refractivity contribution in [3.05, 3.63) is 65.2 Å². The molecule has 2 aromatic rings. The van der Waals surface area contributed by atoms with E-state index in [2.05, 4.69) is 10.2 Å². The maximum Gasteiger partial charge on any atom is 0.258 e. The molecule has 2 aliphatic rings. The summed E-state index contributed by atoms with van der Waals surface area (Å²) < 4.78 is 0. The molecule has 0 atom stereocenters. The van der Waals surface area contributed by atoms with Gasteiger partial charge in [0.05, 0.1) is 0 Å². The van der Waals surface area contributed by atoms with Gasteiger partial charge in [-0.3, -0.25) is 9.59 Å². The molecule has 28 heavy (non-hydrogen) atoms. The molecule has 0 spiro atoms. The van der Waals surface area contributed by atoms with Gasteiger partial charge in [0, 0.05) is 36.4 Å². The molecule has 0 aliphatic carbocycles. The van der Waals surface area contributed by atoms with Crippen LogP contribution in [-0.2, 0) is 6.42 Å². The van der Waals surface area contributed by atoms with Crippen molar-refractivity contribution in [2.75, 3.05) is 37.6 Å². The maximum absolute atomic E-state index is 12.9. The van der Waals surface area contributed by atoms with Gasteiger partial charge in [-0.1, -0.05) is 30.7 Å². The van der Waals surface area contributed by atoms with E-state index in [4.69, 9.17) is 0 Å². The van der Waals surface area contributed by atoms with E-state index in [9.17, 15) is 9.59 Å². The Bertz CT molecular complexity index is 844. The molecule has 0 unspecified atom stereocenters. The Hall–Kier alpha value is -2.66. The molecular weight excluding hydrogens is 350 g/mol. The molecule has 2 heterocycles. The summed E-state index contributed by atoms with van der Waals surface area (Å²) in [6.45, 7) is 4.47. The van der Waals surface area contributed by atoms with E-state index in [1.54, 1.807) is 4.90 Å². The SMILES string of the molecule is O=C(NCCN1CCCCC1)c1ccc2c(c1)N(C(=O)c1ccccc1)CC2. The van der Waals surface area contributed by atoms with E-state index >= 15 is 0 Å². The van der Waals surface area contributed by atoms with Crippen LogP contribution in [0.3, 0.4) is 0 Å². The first-order chi connectivity index (χ1) is 13.7. The zero-order valence-electron chi connectivity index (χ0n) is 16.2. The quantitative estimate of drug-likeness (QED) is 0.871. The highest BCUT2D eigenvalue weighted by molar-refractivity contribution is 6.08. The second-order valence-corrected chi connectivity index (χ2v) is 7.57. The van der Waals surface area contributed by atoms with Crippen LogP contribution in [-0.4, -0.2) is 49.4 Å². The number of hydrogen-bond acceptors (Lipinski definition) is 3. The number of carbonyl (C=O) groups excluding carboxylic acids is 2. The smallest absolute Gasteiger partial charge is 0.258 e. The van der Waals surface area contributed by atoms with Crippen molar-refractivity contribution < 1.29 is 9.59 Å². The minimum absolute atomic E-state index is 0.0120. The van der Waals surface area contributed by atoms with Crippen LogP contribution in [0.15, 0.2) is 48.5 Å². The van der Waals surface area contributed by atoms with Gasteiger partial charge in [-0.05, 0) is 62.2 Å². The summed E-state index contributed by atoms with van der Waals surface area (Å²) in [5.41, 5.74) is 3.27. The lowest BCUT2D eigenvalue weighted by Crippen LogP contribution is -2.37. The Balaban J connectivity index is 1.41. The van der Waals surface area contributed by atoms with Crippen molar-refractivity contribution in [3.8, 4) is 0 Å². The van der Waals surface area contributed by atoms with Gasteiger partial charge in [0.25, 0.3) is 11.8 Å². The van der Waals surface area contributed by atoms with Gasteiger partial charge in [0.2, 0.25) is 0 Å². The number of nitrogens with one attached hydrogen (secondary N) is 1. The van der Waals surface area contributed by atoms with Crippen LogP contribution in [0.2, 0.25) is 0 Å². The van der Waals surface area contributed by atoms with Crippen LogP contribution in [0.5, 0.6) is 0 Å². The lowest BCUT2D eigenvalue weighted by Gasteiger charge is -2.26. The first-order valence-corrected chi connectivity index (χ1v) is 10.2. The third kappa shape index (κ3) is 4.09. The Kier molecular flexibility index (Phi) is 5.72. The topological polar surface area (TPSA) is 52.7 Å². The van der Waals surface area contributed by atoms with Gasteiger partial charge in [0.1, 0.15) is 0 Å². The number of carbonyl (C=O) groups is 2. The standard InChI is InChI=1S/C23H27N3O2/c27-22(24-12-16-25-13-5-2-6-14-25)20-10-9-18-11-15-26(21(18)17-20)23(28)19-7-3-1-4-8-19/h1,3-4,7-10,17H,2,5-6,11-16H2,(H,24,27). The van der Waals surface area contributed by atoms with Crippen LogP contribution in [0.1, 0.15) is 45.5 Å². The van der Waals surface area contributed by atoms with Crippen molar-refractivity contribution in [2.24, 2.45) is 0 Å². The van der Waals surface area contributed by atoms with Gasteiger partial charge >= 0.3 is 0 Å². The Morgan fingerprint density at radius 1 is 0.893 bits per heavy atom. The lowest BCUT2D eigenvalue weighted by molar-refractivity contribution is 0.0944. The minimum Gasteiger partial charge on any atom is -0.351 e. The van der Waals surface area contributed by atoms with E-state index in [-0.39, 0.29) is 11.8 Å². The number of rotatable bonds is 5. The molecule has 1 N–H and O–H groups in total. The summed E-state index contributed by atoms with van der Waals surface area (Å²) in [5.74, 6) is -0.0826. The fourth-order valence-corrected chi connectivity index (χ4v) is 4.08. The number of anilines is 1. The number of likely N-dealkylation sites (tertiary alicyclic amines) is 1. The number of hydrogen-bond donors (Lipinski definition) is 1. The minimum atomic E-state index is -0.0705. The third-order valence-corrected chi connectivity index (χ3v) is 5.67. The largest absolute Gasteiger partial charge is 0.351 e. The summed E-state index contributed by atoms with van der Waals surface area (Å²) in [7, 11) is 0. The van der Waals surface area contributed by atoms with E-state index in [1.165, 1.54) is 19.3 Å². The van der Waals surface area contributed by atoms with Crippen LogP contribution >= 0.6 is 0 Å². The molecule has 146 valence electrons. The monoisotopic (exact) mass is 377 g/mol. The number of piperidine rings is 1. The number of amides is 2. The predicted molar refractivity (Wildman–Crippen MR) is 111 cm³/mol. The Morgan fingerprint density at radius 2 is 1.68 bits per heavy atom. The van der Waals surface area contributed by atoms with Crippen molar-refractivity contribution in [3.63, 3.8) is 0 Å². The summed E-state index contributed by atoms with van der Waals surface area (Å²) >= 11 is 0. The molecule has 0 aromatic heterocycles. The van der Waals surface area contributed by atoms with Crippen LogP contribution in [0.4, 0.5) is 5.69 Å². The van der Waals surface area contributed by atoms with Crippen LogP contribution in [0, 0.1) is 0 Å². The molecule has 1 saturated heterocycles. The molecule has 0 radical (unpaired) electrons. The Morgan fingerprint density at radius 3 is 2.46 bits per heavy atom. The van der Waals surface area contributed by atoms with Gasteiger partial charge in [-0.25, -0.2) is 0 Å². The second kappa shape index (κ2) is 8.57. The molecule has 2 aromatic carbocycles. The van der Waals surface area contributed by atoms with Gasteiger partial charge in [0.15, 0.2) is 0 Å². The Labute approximate surface area is 166 Å². The van der Waals surface area contributed by atoms with Crippen LogP contribution in [0.25, 0.3) is 0 Å². The highest BCUT2D eigenvalue weighted by Crippen LogP contribution is 2.30. The number of nitrogens with zero attached hydrogens (tertiary/aromatic N) is 2. The van der Waals surface area contributed by atoms with Crippen molar-refractivity contribution in [2.45, 2.75) is 25.7 Å². The molecule has 2 aliphatic heterocycles. The highest BCUT2D eigenvalue weighted by atomic mass is 16.2. The van der Waals surface area contributed by atoms with E-state index in [1.807, 2.05) is 48.5 Å². The number of benzene rings is 2. The van der Waals surface area contributed by atoms with Crippen molar-refractivity contribution in [1.82, 2.24) is 10.2 Å². The van der Waals surface area contributed by atoms with Gasteiger partial charge in [-0.15, -0.1) is 0 Å². The van der Waals surface area contributed by atoms with E-state index in [0.29, 0.717) is 24.2 Å². The number of fused-ring (bicyclic) bond motifs is 1. The second-order valence-electron chi connectivity index (χ2n) is 7.57. The average Bonchev–Trinajstić information content (AvgIpc) is 3.18. The first-order valence-electron chi connectivity index (χ1n) is 10.2. The highest BCUT2D eigenvalue weighted by Gasteiger charge is 2.26. The average molecular weight is 377 g/mol. The van der Waals surface area contributed by atoms with Gasteiger partial charge < -0.3 is 15.1 Å². The van der Waals surface area contributed by atoms with E-state index < -0.39 is 0 Å². The molecule has 5 heteroatoms. The predicted octanol–water partition coefficient (Wildman–Crippen LogP) is 3.11. The lowest BCUT2D eigenvalue weighted by atomic mass is 10.1. The molecule has 0 bridgehead atoms. The maximum atomic E-state index is 12.9. The van der Waals surface area contributed by atoms with Crippen LogP contribution < -0.4 is 10.2 Å². The summed E-state index contributed by atoms with van der Waals surface area (Å²) in [6.07, 6.45) is 4.65. The summed E-state index contributed by atoms with van der Waals surface area (Å²) in [4.78, 5) is 29.7. The van der Waals surface area contributed by atoms with Gasteiger partial charge in [-0.2, -0.15) is 0 Å². The molecule has 5 nitrogen and oxygen atoms in total. The van der Waals surface area contributed by atoms with Crippen molar-refractivity contribution in [1.29, 1.82) is 0 Å². The first kappa shape index (κ1) is 18.7. The van der Waals surface area contributed by atoms with Crippen molar-refractivity contribution >= 4 is 17.5 Å². The zero-order chi connectivity index (χ0) is 19.3. The molecular formula is C23H27N3O2. The molecule has 1 fully saturated rings. The zero-order valence-corrected chi connectivity index (χ0v) is 16.2. The fraction of sp³-hybridized carbons (Fsp3) is 0.391. The molecule has 0 saturated carbocycles. The summed E-state index contributed by atoms with van der Waals surface area (Å²) in [6, 6.07) is 15.0.